The zero-order valence-corrected chi connectivity index (χ0v) is 14.6. The number of carbonyl (C=O) groups excluding carboxylic acids is 1. The highest BCUT2D eigenvalue weighted by molar-refractivity contribution is 5.75. The van der Waals surface area contributed by atoms with Gasteiger partial charge in [-0.05, 0) is 36.8 Å². The smallest absolute Gasteiger partial charge is 0.416 e. The Hall–Kier alpha value is -2.25. The Morgan fingerprint density at radius 2 is 1.96 bits per heavy atom. The minimum Gasteiger partial charge on any atom is -0.481 e. The SMILES string of the molecule is CC(CCNC(=O)N1CCC(C(=O)O)CC1)c1cccc(C(F)(F)F)c1. The van der Waals surface area contributed by atoms with Crippen molar-refractivity contribution >= 4 is 12.0 Å². The van der Waals surface area contributed by atoms with E-state index in [2.05, 4.69) is 5.32 Å². The fraction of sp³-hybridized carbons (Fsp3) is 0.556. The molecule has 1 unspecified atom stereocenters. The molecule has 0 radical (unpaired) electrons. The molecule has 8 heteroatoms. The number of likely N-dealkylation sites (tertiary alicyclic amines) is 1. The molecule has 144 valence electrons. The van der Waals surface area contributed by atoms with Gasteiger partial charge in [0.1, 0.15) is 0 Å². The van der Waals surface area contributed by atoms with Crippen molar-refractivity contribution in [1.82, 2.24) is 10.2 Å². The molecule has 5 nitrogen and oxygen atoms in total. The molecule has 1 aliphatic heterocycles. The summed E-state index contributed by atoms with van der Waals surface area (Å²) >= 11 is 0. The molecule has 2 rings (SSSR count). The standard InChI is InChI=1S/C18H23F3N2O3/c1-12(14-3-2-4-15(11-14)18(19,20)21)5-8-22-17(26)23-9-6-13(7-10-23)16(24)25/h2-4,11-13H,5-10H2,1H3,(H,22,26)(H,24,25). The van der Waals surface area contributed by atoms with Gasteiger partial charge in [0.05, 0.1) is 11.5 Å². The monoisotopic (exact) mass is 372 g/mol. The van der Waals surface area contributed by atoms with Gasteiger partial charge in [0.2, 0.25) is 0 Å². The normalized spacial score (nSPS) is 17.0. The molecule has 1 aromatic carbocycles. The summed E-state index contributed by atoms with van der Waals surface area (Å²) in [6, 6.07) is 4.96. The van der Waals surface area contributed by atoms with Gasteiger partial charge < -0.3 is 15.3 Å². The number of piperidine rings is 1. The second kappa shape index (κ2) is 8.42. The van der Waals surface area contributed by atoms with E-state index in [0.717, 1.165) is 12.1 Å². The van der Waals surface area contributed by atoms with E-state index < -0.39 is 23.6 Å². The summed E-state index contributed by atoms with van der Waals surface area (Å²) in [5, 5.41) is 11.7. The Bertz CT molecular complexity index is 641. The van der Waals surface area contributed by atoms with Gasteiger partial charge in [-0.1, -0.05) is 25.1 Å². The summed E-state index contributed by atoms with van der Waals surface area (Å²) in [6.45, 7) is 2.95. The van der Waals surface area contributed by atoms with Gasteiger partial charge in [-0.25, -0.2) is 4.79 Å². The molecule has 1 heterocycles. The third-order valence-electron chi connectivity index (χ3n) is 4.77. The van der Waals surface area contributed by atoms with Crippen LogP contribution in [0, 0.1) is 5.92 Å². The molecule has 1 aromatic rings. The number of nitrogens with one attached hydrogen (secondary N) is 1. The lowest BCUT2D eigenvalue weighted by molar-refractivity contribution is -0.143. The van der Waals surface area contributed by atoms with Crippen molar-refractivity contribution in [2.24, 2.45) is 5.92 Å². The first-order valence-electron chi connectivity index (χ1n) is 8.61. The fourth-order valence-corrected chi connectivity index (χ4v) is 3.03. The molecule has 26 heavy (non-hydrogen) atoms. The van der Waals surface area contributed by atoms with Crippen LogP contribution in [-0.4, -0.2) is 41.6 Å². The number of carbonyl (C=O) groups is 2. The molecular formula is C18H23F3N2O3. The van der Waals surface area contributed by atoms with Crippen molar-refractivity contribution in [3.05, 3.63) is 35.4 Å². The van der Waals surface area contributed by atoms with Crippen molar-refractivity contribution in [2.75, 3.05) is 19.6 Å². The number of benzene rings is 1. The summed E-state index contributed by atoms with van der Waals surface area (Å²) in [7, 11) is 0. The highest BCUT2D eigenvalue weighted by Crippen LogP contribution is 2.31. The van der Waals surface area contributed by atoms with Crippen LogP contribution in [0.15, 0.2) is 24.3 Å². The van der Waals surface area contributed by atoms with Crippen LogP contribution < -0.4 is 5.32 Å². The van der Waals surface area contributed by atoms with E-state index in [9.17, 15) is 22.8 Å². The zero-order valence-electron chi connectivity index (χ0n) is 14.6. The minimum atomic E-state index is -4.37. The highest BCUT2D eigenvalue weighted by Gasteiger charge is 2.30. The number of carboxylic acids is 1. The lowest BCUT2D eigenvalue weighted by atomic mass is 9.96. The number of hydrogen-bond acceptors (Lipinski definition) is 2. The van der Waals surface area contributed by atoms with E-state index in [0.29, 0.717) is 44.5 Å². The summed E-state index contributed by atoms with van der Waals surface area (Å²) in [4.78, 5) is 24.6. The van der Waals surface area contributed by atoms with Gasteiger partial charge in [-0.15, -0.1) is 0 Å². The van der Waals surface area contributed by atoms with Crippen molar-refractivity contribution in [3.8, 4) is 0 Å². The number of hydrogen-bond donors (Lipinski definition) is 2. The maximum Gasteiger partial charge on any atom is 0.416 e. The van der Waals surface area contributed by atoms with E-state index in [1.54, 1.807) is 11.0 Å². The molecular weight excluding hydrogens is 349 g/mol. The lowest BCUT2D eigenvalue weighted by Crippen LogP contribution is -2.45. The maximum absolute atomic E-state index is 12.8. The predicted molar refractivity (Wildman–Crippen MR) is 89.8 cm³/mol. The Morgan fingerprint density at radius 1 is 1.31 bits per heavy atom. The number of nitrogens with zero attached hydrogens (tertiary/aromatic N) is 1. The molecule has 1 aliphatic rings. The largest absolute Gasteiger partial charge is 0.481 e. The van der Waals surface area contributed by atoms with Crippen molar-refractivity contribution in [2.45, 2.75) is 38.3 Å². The zero-order chi connectivity index (χ0) is 19.3. The third kappa shape index (κ3) is 5.37. The summed E-state index contributed by atoms with van der Waals surface area (Å²) in [5.41, 5.74) is -0.0940. The molecule has 1 atom stereocenters. The van der Waals surface area contributed by atoms with E-state index in [1.807, 2.05) is 6.92 Å². The molecule has 0 bridgehead atoms. The third-order valence-corrected chi connectivity index (χ3v) is 4.77. The number of carboxylic acid groups (broad SMARTS) is 1. The second-order valence-electron chi connectivity index (χ2n) is 6.64. The van der Waals surface area contributed by atoms with Gasteiger partial charge in [0.25, 0.3) is 0 Å². The highest BCUT2D eigenvalue weighted by atomic mass is 19.4. The Labute approximate surface area is 150 Å². The van der Waals surface area contributed by atoms with Crippen LogP contribution in [0.5, 0.6) is 0 Å². The number of halogens is 3. The Kier molecular flexibility index (Phi) is 6.50. The Morgan fingerprint density at radius 3 is 2.54 bits per heavy atom. The maximum atomic E-state index is 12.8. The first-order chi connectivity index (χ1) is 12.2. The van der Waals surface area contributed by atoms with Crippen LogP contribution in [0.4, 0.5) is 18.0 Å². The van der Waals surface area contributed by atoms with E-state index in [1.165, 1.54) is 6.07 Å². The number of amides is 2. The minimum absolute atomic E-state index is 0.129. The number of rotatable bonds is 5. The summed E-state index contributed by atoms with van der Waals surface area (Å²) in [5.74, 6) is -1.37. The fourth-order valence-electron chi connectivity index (χ4n) is 3.03. The molecule has 0 saturated carbocycles. The van der Waals surface area contributed by atoms with E-state index >= 15 is 0 Å². The summed E-state index contributed by atoms with van der Waals surface area (Å²) < 4.78 is 38.3. The number of alkyl halides is 3. The van der Waals surface area contributed by atoms with Crippen LogP contribution in [-0.2, 0) is 11.0 Å². The molecule has 1 saturated heterocycles. The van der Waals surface area contributed by atoms with Gasteiger partial charge in [-0.2, -0.15) is 13.2 Å². The number of urea groups is 1. The molecule has 0 aliphatic carbocycles. The lowest BCUT2D eigenvalue weighted by Gasteiger charge is -2.30. The van der Waals surface area contributed by atoms with E-state index in [-0.39, 0.29) is 11.9 Å². The van der Waals surface area contributed by atoms with Crippen LogP contribution in [0.25, 0.3) is 0 Å². The summed E-state index contributed by atoms with van der Waals surface area (Å²) in [6.07, 6.45) is -2.99. The van der Waals surface area contributed by atoms with Gasteiger partial charge >= 0.3 is 18.2 Å². The van der Waals surface area contributed by atoms with Crippen molar-refractivity contribution in [1.29, 1.82) is 0 Å². The van der Waals surface area contributed by atoms with Crippen LogP contribution in [0.1, 0.15) is 43.2 Å². The predicted octanol–water partition coefficient (Wildman–Crippen LogP) is 3.71. The van der Waals surface area contributed by atoms with Crippen LogP contribution >= 0.6 is 0 Å². The molecule has 2 N–H and O–H groups in total. The first kappa shape index (κ1) is 20.1. The van der Waals surface area contributed by atoms with Gasteiger partial charge in [0.15, 0.2) is 0 Å². The molecule has 2 amide bonds. The average Bonchev–Trinajstić information content (AvgIpc) is 2.61. The Balaban J connectivity index is 1.79. The van der Waals surface area contributed by atoms with Gasteiger partial charge in [0, 0.05) is 19.6 Å². The molecule has 0 spiro atoms. The number of aliphatic carboxylic acids is 1. The first-order valence-corrected chi connectivity index (χ1v) is 8.61. The topological polar surface area (TPSA) is 69.6 Å². The quantitative estimate of drug-likeness (QED) is 0.828. The molecule has 0 aromatic heterocycles. The van der Waals surface area contributed by atoms with E-state index in [4.69, 9.17) is 5.11 Å². The average molecular weight is 372 g/mol. The van der Waals surface area contributed by atoms with Crippen molar-refractivity contribution < 1.29 is 27.9 Å². The van der Waals surface area contributed by atoms with Gasteiger partial charge in [-0.3, -0.25) is 4.79 Å². The van der Waals surface area contributed by atoms with Crippen molar-refractivity contribution in [3.63, 3.8) is 0 Å². The van der Waals surface area contributed by atoms with Crippen LogP contribution in [0.3, 0.4) is 0 Å². The second-order valence-corrected chi connectivity index (χ2v) is 6.64. The van der Waals surface area contributed by atoms with Crippen LogP contribution in [0.2, 0.25) is 0 Å². The molecule has 1 fully saturated rings.